The van der Waals surface area contributed by atoms with Gasteiger partial charge in [-0.25, -0.2) is 4.79 Å². The Morgan fingerprint density at radius 1 is 1.00 bits per heavy atom. The fourth-order valence-electron chi connectivity index (χ4n) is 2.98. The molecule has 1 aromatic rings. The van der Waals surface area contributed by atoms with E-state index in [1.54, 1.807) is 0 Å². The summed E-state index contributed by atoms with van der Waals surface area (Å²) in [5, 5.41) is 0. The number of hydrogen-bond donors (Lipinski definition) is 0. The Labute approximate surface area is 135 Å². The second-order valence-electron chi connectivity index (χ2n) is 5.71. The van der Waals surface area contributed by atoms with Crippen molar-refractivity contribution in [3.8, 4) is 11.5 Å². The van der Waals surface area contributed by atoms with Crippen LogP contribution in [0.3, 0.4) is 0 Å². The lowest BCUT2D eigenvalue weighted by molar-refractivity contribution is -0.274. The Morgan fingerprint density at radius 3 is 2.17 bits per heavy atom. The molecule has 2 aliphatic rings. The van der Waals surface area contributed by atoms with Crippen LogP contribution in [-0.4, -0.2) is 17.9 Å². The molecule has 8 heteroatoms. The van der Waals surface area contributed by atoms with Crippen LogP contribution in [0.5, 0.6) is 11.5 Å². The molecule has 0 bridgehead atoms. The molecule has 0 atom stereocenters. The molecule has 0 saturated heterocycles. The van der Waals surface area contributed by atoms with Crippen molar-refractivity contribution in [3.63, 3.8) is 0 Å². The average molecular weight is 346 g/mol. The van der Waals surface area contributed by atoms with Crippen molar-refractivity contribution < 1.29 is 36.6 Å². The zero-order valence-electron chi connectivity index (χ0n) is 12.5. The minimum Gasteiger partial charge on any atom is -0.454 e. The summed E-state index contributed by atoms with van der Waals surface area (Å²) in [6.07, 6.45) is -1.39. The average Bonchev–Trinajstić information content (AvgIpc) is 2.73. The fraction of sp³-hybridized carbons (Fsp3) is 0.438. The van der Waals surface area contributed by atoms with Crippen molar-refractivity contribution in [2.75, 3.05) is 0 Å². The number of benzene rings is 1. The number of alkyl halides is 3. The van der Waals surface area contributed by atoms with Gasteiger partial charge in [0, 0.05) is 0 Å². The molecule has 1 aromatic carbocycles. The molecule has 0 aromatic heterocycles. The van der Waals surface area contributed by atoms with E-state index in [1.807, 2.05) is 0 Å². The largest absolute Gasteiger partial charge is 0.573 e. The summed E-state index contributed by atoms with van der Waals surface area (Å²) in [4.78, 5) is 11.6. The molecule has 1 aliphatic heterocycles. The lowest BCUT2D eigenvalue weighted by Gasteiger charge is -2.33. The maximum Gasteiger partial charge on any atom is 0.573 e. The number of carbonyl (C=O) groups is 1. The Kier molecular flexibility index (Phi) is 4.15. The van der Waals surface area contributed by atoms with Crippen LogP contribution in [0.25, 0.3) is 0 Å². The summed E-state index contributed by atoms with van der Waals surface area (Å²) < 4.78 is 64.9. The highest BCUT2D eigenvalue weighted by Crippen LogP contribution is 2.45. The zero-order valence-corrected chi connectivity index (χ0v) is 12.5. The van der Waals surface area contributed by atoms with Crippen LogP contribution in [0.4, 0.5) is 17.6 Å². The van der Waals surface area contributed by atoms with Crippen LogP contribution in [0, 0.1) is 0 Å². The summed E-state index contributed by atoms with van der Waals surface area (Å²) in [5.74, 6) is -2.68. The highest BCUT2D eigenvalue weighted by molar-refractivity contribution is 5.90. The van der Waals surface area contributed by atoms with E-state index < -0.39 is 29.5 Å². The van der Waals surface area contributed by atoms with Crippen LogP contribution in [0.15, 0.2) is 35.9 Å². The highest BCUT2D eigenvalue weighted by atomic mass is 19.4. The molecule has 0 radical (unpaired) electrons. The molecule has 1 saturated carbocycles. The molecular weight excluding hydrogens is 332 g/mol. The third kappa shape index (κ3) is 3.32. The number of rotatable bonds is 3. The minimum absolute atomic E-state index is 0.0953. The molecule has 1 heterocycles. The van der Waals surface area contributed by atoms with E-state index in [-0.39, 0.29) is 11.5 Å². The quantitative estimate of drug-likeness (QED) is 0.601. The van der Waals surface area contributed by atoms with Crippen molar-refractivity contribution in [1.82, 2.24) is 0 Å². The molecule has 3 rings (SSSR count). The van der Waals surface area contributed by atoms with Crippen molar-refractivity contribution in [2.24, 2.45) is 0 Å². The van der Waals surface area contributed by atoms with Crippen LogP contribution in [0.2, 0.25) is 0 Å². The topological polar surface area (TPSA) is 44.8 Å². The maximum absolute atomic E-state index is 14.1. The Morgan fingerprint density at radius 2 is 1.58 bits per heavy atom. The smallest absolute Gasteiger partial charge is 0.454 e. The van der Waals surface area contributed by atoms with Crippen molar-refractivity contribution in [3.05, 3.63) is 35.9 Å². The van der Waals surface area contributed by atoms with Gasteiger partial charge in [-0.3, -0.25) is 0 Å². The normalized spacial score (nSPS) is 20.2. The molecule has 1 spiro atoms. The zero-order chi connectivity index (χ0) is 17.4. The van der Waals surface area contributed by atoms with E-state index in [1.165, 1.54) is 12.1 Å². The summed E-state index contributed by atoms with van der Waals surface area (Å²) in [6.45, 7) is 0. The van der Waals surface area contributed by atoms with Gasteiger partial charge in [0.1, 0.15) is 11.5 Å². The molecule has 130 valence electrons. The predicted molar refractivity (Wildman–Crippen MR) is 73.8 cm³/mol. The Balaban J connectivity index is 1.79. The van der Waals surface area contributed by atoms with Crippen LogP contribution >= 0.6 is 0 Å². The molecule has 0 unspecified atom stereocenters. The third-order valence-corrected chi connectivity index (χ3v) is 4.02. The monoisotopic (exact) mass is 346 g/mol. The van der Waals surface area contributed by atoms with Crippen molar-refractivity contribution >= 4 is 5.97 Å². The number of carbonyl (C=O) groups excluding carboxylic acids is 1. The third-order valence-electron chi connectivity index (χ3n) is 4.02. The molecule has 1 aliphatic carbocycles. The predicted octanol–water partition coefficient (Wildman–Crippen LogP) is 4.40. The van der Waals surface area contributed by atoms with Gasteiger partial charge in [-0.1, -0.05) is 6.42 Å². The van der Waals surface area contributed by atoms with Gasteiger partial charge in [0.2, 0.25) is 5.83 Å². The second-order valence-corrected chi connectivity index (χ2v) is 5.71. The maximum atomic E-state index is 14.1. The number of esters is 1. The van der Waals surface area contributed by atoms with Gasteiger partial charge in [-0.2, -0.15) is 4.39 Å². The van der Waals surface area contributed by atoms with Gasteiger partial charge in [0.15, 0.2) is 11.4 Å². The standard InChI is InChI=1S/C16H14F4O4/c17-12-13(15(24-14(12)21)8-2-1-3-9-15)22-10-4-6-11(7-5-10)23-16(18,19)20/h4-7H,1-3,8-9H2. The van der Waals surface area contributed by atoms with Gasteiger partial charge < -0.3 is 14.2 Å². The molecule has 4 nitrogen and oxygen atoms in total. The lowest BCUT2D eigenvalue weighted by Crippen LogP contribution is -2.36. The lowest BCUT2D eigenvalue weighted by atomic mass is 9.83. The molecular formula is C16H14F4O4. The van der Waals surface area contributed by atoms with E-state index in [0.717, 1.165) is 31.4 Å². The van der Waals surface area contributed by atoms with E-state index in [4.69, 9.17) is 9.47 Å². The van der Waals surface area contributed by atoms with Gasteiger partial charge in [-0.05, 0) is 49.9 Å². The highest BCUT2D eigenvalue weighted by Gasteiger charge is 2.51. The fourth-order valence-corrected chi connectivity index (χ4v) is 2.98. The summed E-state index contributed by atoms with van der Waals surface area (Å²) in [6, 6.07) is 4.51. The summed E-state index contributed by atoms with van der Waals surface area (Å²) >= 11 is 0. The van der Waals surface area contributed by atoms with Crippen molar-refractivity contribution in [1.29, 1.82) is 0 Å². The Hall–Kier alpha value is -2.25. The van der Waals surface area contributed by atoms with Crippen molar-refractivity contribution in [2.45, 2.75) is 44.1 Å². The first-order valence-electron chi connectivity index (χ1n) is 7.46. The molecule has 24 heavy (non-hydrogen) atoms. The minimum atomic E-state index is -4.80. The summed E-state index contributed by atoms with van der Waals surface area (Å²) in [5.41, 5.74) is -1.11. The number of ether oxygens (including phenoxy) is 3. The number of halogens is 4. The van der Waals surface area contributed by atoms with Crippen LogP contribution in [0.1, 0.15) is 32.1 Å². The molecule has 0 N–H and O–H groups in total. The van der Waals surface area contributed by atoms with E-state index >= 15 is 0 Å². The Bertz CT molecular complexity index is 658. The first-order chi connectivity index (χ1) is 11.3. The van der Waals surface area contributed by atoms with Crippen LogP contribution < -0.4 is 9.47 Å². The van der Waals surface area contributed by atoms with E-state index in [0.29, 0.717) is 12.8 Å². The van der Waals surface area contributed by atoms with E-state index in [2.05, 4.69) is 4.74 Å². The van der Waals surface area contributed by atoms with Gasteiger partial charge in [0.05, 0.1) is 0 Å². The van der Waals surface area contributed by atoms with Gasteiger partial charge in [-0.15, -0.1) is 13.2 Å². The number of hydrogen-bond acceptors (Lipinski definition) is 4. The van der Waals surface area contributed by atoms with E-state index in [9.17, 15) is 22.4 Å². The first kappa shape index (κ1) is 16.6. The van der Waals surface area contributed by atoms with Crippen LogP contribution in [-0.2, 0) is 9.53 Å². The van der Waals surface area contributed by atoms with Gasteiger partial charge >= 0.3 is 12.3 Å². The first-order valence-corrected chi connectivity index (χ1v) is 7.46. The SMILES string of the molecule is O=C1OC2(CCCCC2)C(Oc2ccc(OC(F)(F)F)cc2)=C1F. The van der Waals surface area contributed by atoms with Gasteiger partial charge in [0.25, 0.3) is 0 Å². The molecule has 1 fully saturated rings. The second kappa shape index (κ2) is 5.99. The molecule has 0 amide bonds. The summed E-state index contributed by atoms with van der Waals surface area (Å²) in [7, 11) is 0.